The number of aromatic nitrogens is 4. The average Bonchev–Trinajstić information content (AvgIpc) is 3.33. The highest BCUT2D eigenvalue weighted by atomic mass is 16.6. The number of benzene rings is 2. The molecule has 0 aliphatic heterocycles. The Bertz CT molecular complexity index is 1310. The molecule has 8 heteroatoms. The third-order valence-corrected chi connectivity index (χ3v) is 6.16. The molecular weight excluding hydrogens is 428 g/mol. The zero-order chi connectivity index (χ0) is 23.9. The maximum absolute atomic E-state index is 12.1. The summed E-state index contributed by atoms with van der Waals surface area (Å²) in [5.74, 6) is 0. The van der Waals surface area contributed by atoms with Crippen LogP contribution in [0.3, 0.4) is 0 Å². The van der Waals surface area contributed by atoms with Crippen molar-refractivity contribution in [2.75, 3.05) is 11.1 Å². The fourth-order valence-electron chi connectivity index (χ4n) is 4.43. The zero-order valence-corrected chi connectivity index (χ0v) is 19.8. The van der Waals surface area contributed by atoms with Gasteiger partial charge in [-0.05, 0) is 63.8 Å². The topological polar surface area (TPSA) is 100.0 Å². The Morgan fingerprint density at radius 3 is 2.56 bits per heavy atom. The van der Waals surface area contributed by atoms with Crippen LogP contribution in [0.5, 0.6) is 0 Å². The summed E-state index contributed by atoms with van der Waals surface area (Å²) >= 11 is 0. The Morgan fingerprint density at radius 2 is 1.94 bits per heavy atom. The number of amides is 1. The molecule has 4 aromatic rings. The Morgan fingerprint density at radius 1 is 1.18 bits per heavy atom. The molecule has 2 aromatic heterocycles. The first-order valence-electron chi connectivity index (χ1n) is 11.6. The first-order valence-corrected chi connectivity index (χ1v) is 11.6. The van der Waals surface area contributed by atoms with E-state index < -0.39 is 11.7 Å². The monoisotopic (exact) mass is 458 g/mol. The summed E-state index contributed by atoms with van der Waals surface area (Å²) in [6.07, 6.45) is 6.31. The van der Waals surface area contributed by atoms with Crippen LogP contribution in [0.4, 0.5) is 16.2 Å². The Labute approximate surface area is 198 Å². The summed E-state index contributed by atoms with van der Waals surface area (Å²) in [6, 6.07) is 14.6. The van der Waals surface area contributed by atoms with Gasteiger partial charge in [0.2, 0.25) is 0 Å². The van der Waals surface area contributed by atoms with Crippen LogP contribution >= 0.6 is 0 Å². The standard InChI is InChI=1S/C26H30N6O2/c1-26(2,3)34-25(33)30-19-10-8-18(9-11-19)24-23(27)21-12-7-17(14-31-16-28-15-29-31)13-22(21)32(24)20-5-4-6-20/h7-13,15-16,20H,4-6,14,27H2,1-3H3,(H,30,33). The van der Waals surface area contributed by atoms with Gasteiger partial charge in [-0.1, -0.05) is 24.3 Å². The minimum absolute atomic E-state index is 0.427. The van der Waals surface area contributed by atoms with Crippen LogP contribution in [0.25, 0.3) is 22.2 Å². The number of nitrogens with zero attached hydrogens (tertiary/aromatic N) is 4. The van der Waals surface area contributed by atoms with E-state index >= 15 is 0 Å². The SMILES string of the molecule is CC(C)(C)OC(=O)Nc1ccc(-c2c(N)c3ccc(Cn4cncn4)cc3n2C2CCC2)cc1. The van der Waals surface area contributed by atoms with E-state index in [1.807, 2.05) is 49.7 Å². The molecule has 34 heavy (non-hydrogen) atoms. The molecule has 0 atom stereocenters. The van der Waals surface area contributed by atoms with Gasteiger partial charge in [-0.25, -0.2) is 14.5 Å². The van der Waals surface area contributed by atoms with Crippen molar-refractivity contribution < 1.29 is 9.53 Å². The molecule has 1 amide bonds. The summed E-state index contributed by atoms with van der Waals surface area (Å²) in [5.41, 5.74) is 12.0. The number of hydrogen-bond acceptors (Lipinski definition) is 5. The van der Waals surface area contributed by atoms with Crippen LogP contribution in [0, 0.1) is 0 Å². The van der Waals surface area contributed by atoms with E-state index in [0.29, 0.717) is 18.3 Å². The number of hydrogen-bond donors (Lipinski definition) is 2. The fraction of sp³-hybridized carbons (Fsp3) is 0.346. The van der Waals surface area contributed by atoms with Gasteiger partial charge in [-0.15, -0.1) is 0 Å². The highest BCUT2D eigenvalue weighted by Gasteiger charge is 2.27. The number of fused-ring (bicyclic) bond motifs is 1. The number of anilines is 2. The van der Waals surface area contributed by atoms with Crippen molar-refractivity contribution in [3.8, 4) is 11.3 Å². The van der Waals surface area contributed by atoms with Gasteiger partial charge < -0.3 is 15.0 Å². The summed E-state index contributed by atoms with van der Waals surface area (Å²) in [5, 5.41) is 8.08. The number of ether oxygens (including phenoxy) is 1. The molecule has 0 radical (unpaired) electrons. The second-order valence-electron chi connectivity index (χ2n) is 9.87. The summed E-state index contributed by atoms with van der Waals surface area (Å²) in [4.78, 5) is 16.2. The van der Waals surface area contributed by atoms with E-state index in [-0.39, 0.29) is 0 Å². The lowest BCUT2D eigenvalue weighted by atomic mass is 9.92. The molecular formula is C26H30N6O2. The van der Waals surface area contributed by atoms with Gasteiger partial charge in [0.15, 0.2) is 0 Å². The van der Waals surface area contributed by atoms with Crippen LogP contribution in [-0.2, 0) is 11.3 Å². The summed E-state index contributed by atoms with van der Waals surface area (Å²) in [6.45, 7) is 6.19. The first kappa shape index (κ1) is 22.0. The number of carbonyl (C=O) groups excluding carboxylic acids is 1. The average molecular weight is 459 g/mol. The second kappa shape index (κ2) is 8.52. The van der Waals surface area contributed by atoms with Crippen molar-refractivity contribution >= 4 is 28.4 Å². The molecule has 8 nitrogen and oxygen atoms in total. The number of nitrogen functional groups attached to an aromatic ring is 1. The molecule has 176 valence electrons. The third kappa shape index (κ3) is 4.35. The van der Waals surface area contributed by atoms with Gasteiger partial charge in [-0.2, -0.15) is 5.10 Å². The van der Waals surface area contributed by atoms with Crippen LogP contribution in [0.2, 0.25) is 0 Å². The highest BCUT2D eigenvalue weighted by Crippen LogP contribution is 2.44. The van der Waals surface area contributed by atoms with Gasteiger partial charge in [0.05, 0.1) is 23.4 Å². The molecule has 5 rings (SSSR count). The molecule has 1 aliphatic rings. The lowest BCUT2D eigenvalue weighted by Crippen LogP contribution is -2.27. The van der Waals surface area contributed by atoms with Gasteiger partial charge in [-0.3, -0.25) is 5.32 Å². The summed E-state index contributed by atoms with van der Waals surface area (Å²) < 4.78 is 9.57. The quantitative estimate of drug-likeness (QED) is 0.405. The third-order valence-electron chi connectivity index (χ3n) is 6.16. The molecule has 0 bridgehead atoms. The smallest absolute Gasteiger partial charge is 0.412 e. The number of nitrogens with two attached hydrogens (primary N) is 1. The van der Waals surface area contributed by atoms with Crippen LogP contribution in [0.1, 0.15) is 51.6 Å². The Kier molecular flexibility index (Phi) is 5.51. The van der Waals surface area contributed by atoms with Crippen LogP contribution < -0.4 is 11.1 Å². The molecule has 2 aromatic carbocycles. The summed E-state index contributed by atoms with van der Waals surface area (Å²) in [7, 11) is 0. The highest BCUT2D eigenvalue weighted by molar-refractivity contribution is 6.01. The van der Waals surface area contributed by atoms with Gasteiger partial charge >= 0.3 is 6.09 Å². The van der Waals surface area contributed by atoms with E-state index in [0.717, 1.165) is 46.3 Å². The van der Waals surface area contributed by atoms with E-state index in [4.69, 9.17) is 10.5 Å². The van der Waals surface area contributed by atoms with Crippen molar-refractivity contribution in [1.29, 1.82) is 0 Å². The van der Waals surface area contributed by atoms with E-state index in [1.165, 1.54) is 6.42 Å². The van der Waals surface area contributed by atoms with Crippen LogP contribution in [0.15, 0.2) is 55.1 Å². The van der Waals surface area contributed by atoms with Gasteiger partial charge in [0.1, 0.15) is 18.3 Å². The maximum atomic E-state index is 12.1. The minimum Gasteiger partial charge on any atom is -0.444 e. The Balaban J connectivity index is 1.50. The minimum atomic E-state index is -0.547. The normalized spacial score (nSPS) is 14.2. The van der Waals surface area contributed by atoms with Crippen LogP contribution in [-0.4, -0.2) is 31.0 Å². The predicted molar refractivity (Wildman–Crippen MR) is 134 cm³/mol. The van der Waals surface area contributed by atoms with E-state index in [9.17, 15) is 4.79 Å². The molecule has 2 heterocycles. The predicted octanol–water partition coefficient (Wildman–Crippen LogP) is 5.60. The zero-order valence-electron chi connectivity index (χ0n) is 19.8. The molecule has 1 aliphatic carbocycles. The molecule has 1 saturated carbocycles. The second-order valence-corrected chi connectivity index (χ2v) is 9.87. The van der Waals surface area contributed by atoms with Crippen molar-refractivity contribution in [3.05, 3.63) is 60.7 Å². The van der Waals surface area contributed by atoms with E-state index in [1.54, 1.807) is 12.7 Å². The maximum Gasteiger partial charge on any atom is 0.412 e. The largest absolute Gasteiger partial charge is 0.444 e. The molecule has 1 fully saturated rings. The molecule has 0 saturated heterocycles. The number of nitrogens with one attached hydrogen (secondary N) is 1. The van der Waals surface area contributed by atoms with Crippen molar-refractivity contribution in [2.45, 2.75) is 58.2 Å². The van der Waals surface area contributed by atoms with Gasteiger partial charge in [0.25, 0.3) is 0 Å². The van der Waals surface area contributed by atoms with Crippen molar-refractivity contribution in [2.24, 2.45) is 0 Å². The molecule has 3 N–H and O–H groups in total. The lowest BCUT2D eigenvalue weighted by Gasteiger charge is -2.30. The Hall–Kier alpha value is -3.81. The van der Waals surface area contributed by atoms with E-state index in [2.05, 4.69) is 38.2 Å². The number of carbonyl (C=O) groups is 1. The van der Waals surface area contributed by atoms with Crippen molar-refractivity contribution in [3.63, 3.8) is 0 Å². The lowest BCUT2D eigenvalue weighted by molar-refractivity contribution is 0.0636. The van der Waals surface area contributed by atoms with Crippen molar-refractivity contribution in [1.82, 2.24) is 19.3 Å². The fourth-order valence-corrected chi connectivity index (χ4v) is 4.43. The molecule has 0 spiro atoms. The molecule has 0 unspecified atom stereocenters. The van der Waals surface area contributed by atoms with Gasteiger partial charge in [0, 0.05) is 22.7 Å². The number of rotatable bonds is 5. The first-order chi connectivity index (χ1) is 16.3.